The quantitative estimate of drug-likeness (QED) is 0.578. The zero-order valence-corrected chi connectivity index (χ0v) is 15.9. The van der Waals surface area contributed by atoms with E-state index in [2.05, 4.69) is 10.6 Å². The van der Waals surface area contributed by atoms with Gasteiger partial charge in [0.05, 0.1) is 12.3 Å². The third-order valence-corrected chi connectivity index (χ3v) is 5.91. The van der Waals surface area contributed by atoms with E-state index in [1.165, 1.54) is 0 Å². The average molecular weight is 377 g/mol. The van der Waals surface area contributed by atoms with Gasteiger partial charge in [-0.3, -0.25) is 14.4 Å². The van der Waals surface area contributed by atoms with Crippen molar-refractivity contribution in [2.24, 2.45) is 17.8 Å². The van der Waals surface area contributed by atoms with Crippen LogP contribution in [0.3, 0.4) is 0 Å². The van der Waals surface area contributed by atoms with Crippen LogP contribution >= 0.6 is 0 Å². The highest BCUT2D eigenvalue weighted by atomic mass is 16.4. The molecule has 3 N–H and O–H groups in total. The summed E-state index contributed by atoms with van der Waals surface area (Å²) in [5.41, 5.74) is 0. The minimum Gasteiger partial charge on any atom is -0.481 e. The van der Waals surface area contributed by atoms with E-state index in [0.29, 0.717) is 24.9 Å². The first-order valence-electron chi connectivity index (χ1n) is 10.2. The summed E-state index contributed by atoms with van der Waals surface area (Å²) in [5, 5.41) is 15.3. The van der Waals surface area contributed by atoms with Gasteiger partial charge in [0.15, 0.2) is 0 Å². The zero-order valence-electron chi connectivity index (χ0n) is 15.9. The number of carbonyl (C=O) groups excluding carboxylic acids is 2. The fourth-order valence-corrected chi connectivity index (χ4v) is 4.07. The Kier molecular flexibility index (Phi) is 6.88. The molecule has 3 fully saturated rings. The second kappa shape index (κ2) is 9.35. The molecule has 0 aromatic heterocycles. The van der Waals surface area contributed by atoms with E-state index in [4.69, 9.17) is 5.11 Å². The Morgan fingerprint density at radius 2 is 1.89 bits per heavy atom. The molecule has 1 saturated carbocycles. The summed E-state index contributed by atoms with van der Waals surface area (Å²) in [6.45, 7) is 3.09. The summed E-state index contributed by atoms with van der Waals surface area (Å²) >= 11 is 0. The highest BCUT2D eigenvalue weighted by Crippen LogP contribution is 2.34. The van der Waals surface area contributed by atoms with Gasteiger partial charge in [-0.05, 0) is 69.5 Å². The summed E-state index contributed by atoms with van der Waals surface area (Å²) in [5.74, 6) is -0.502. The minimum atomic E-state index is -0.879. The predicted molar refractivity (Wildman–Crippen MR) is 101 cm³/mol. The molecule has 2 saturated heterocycles. The van der Waals surface area contributed by atoms with Gasteiger partial charge in [0.1, 0.15) is 0 Å². The van der Waals surface area contributed by atoms with Crippen LogP contribution in [-0.2, 0) is 14.4 Å². The number of carbonyl (C=O) groups is 3. The minimum absolute atomic E-state index is 0.0182. The average Bonchev–Trinajstić information content (AvgIpc) is 3.51. The molecule has 7 heteroatoms. The van der Waals surface area contributed by atoms with Gasteiger partial charge in [-0.15, -0.1) is 0 Å². The molecule has 0 aromatic carbocycles. The molecule has 7 nitrogen and oxygen atoms in total. The summed E-state index contributed by atoms with van der Waals surface area (Å²) < 4.78 is 0. The third-order valence-electron chi connectivity index (χ3n) is 5.91. The van der Waals surface area contributed by atoms with Gasteiger partial charge < -0.3 is 20.6 Å². The second-order valence-corrected chi connectivity index (χ2v) is 8.12. The molecule has 1 unspecified atom stereocenters. The van der Waals surface area contributed by atoms with Crippen LogP contribution in [0.25, 0.3) is 0 Å². The molecule has 2 atom stereocenters. The lowest BCUT2D eigenvalue weighted by molar-refractivity contribution is -0.138. The first kappa shape index (κ1) is 19.9. The highest BCUT2D eigenvalue weighted by Gasteiger charge is 2.36. The van der Waals surface area contributed by atoms with Crippen LogP contribution in [0.15, 0.2) is 12.2 Å². The summed E-state index contributed by atoms with van der Waals surface area (Å²) in [7, 11) is 0. The lowest BCUT2D eigenvalue weighted by atomic mass is 9.95. The van der Waals surface area contributed by atoms with E-state index < -0.39 is 5.97 Å². The molecule has 0 aromatic rings. The normalized spacial score (nSPS) is 25.3. The predicted octanol–water partition coefficient (Wildman–Crippen LogP) is 1.15. The molecule has 27 heavy (non-hydrogen) atoms. The third kappa shape index (κ3) is 6.06. The van der Waals surface area contributed by atoms with E-state index >= 15 is 0 Å². The van der Waals surface area contributed by atoms with Crippen molar-refractivity contribution in [2.75, 3.05) is 26.2 Å². The van der Waals surface area contributed by atoms with E-state index in [1.54, 1.807) is 11.0 Å². The Labute approximate surface area is 160 Å². The lowest BCUT2D eigenvalue weighted by Crippen LogP contribution is -2.48. The molecule has 0 bridgehead atoms. The number of hydrogen-bond donors (Lipinski definition) is 3. The molecule has 2 amide bonds. The number of amides is 2. The number of likely N-dealkylation sites (tertiary alicyclic amines) is 1. The van der Waals surface area contributed by atoms with Crippen LogP contribution < -0.4 is 10.6 Å². The standard InChI is InChI=1S/C20H31N3O4/c24-18(6-3-14-7-9-21-10-8-14)23-11-1-2-16(13-23)20(27)22-17(12-19(25)26)15-4-5-15/h3,6,14-17,21H,1-2,4-5,7-13H2,(H,22,27)(H,25,26)/b6-3+/t16-,17?/m1/s1. The fraction of sp³-hybridized carbons (Fsp3) is 0.750. The van der Waals surface area contributed by atoms with Crippen molar-refractivity contribution in [3.8, 4) is 0 Å². The van der Waals surface area contributed by atoms with Gasteiger partial charge in [-0.2, -0.15) is 0 Å². The molecule has 3 rings (SSSR count). The van der Waals surface area contributed by atoms with Gasteiger partial charge in [-0.25, -0.2) is 0 Å². The van der Waals surface area contributed by atoms with Crippen molar-refractivity contribution in [1.82, 2.24) is 15.5 Å². The van der Waals surface area contributed by atoms with Crippen LogP contribution in [0, 0.1) is 17.8 Å². The molecular weight excluding hydrogens is 346 g/mol. The van der Waals surface area contributed by atoms with Crippen LogP contribution in [0.5, 0.6) is 0 Å². The number of allylic oxidation sites excluding steroid dienone is 1. The number of nitrogens with zero attached hydrogens (tertiary/aromatic N) is 1. The maximum Gasteiger partial charge on any atom is 0.305 e. The number of hydrogen-bond acceptors (Lipinski definition) is 4. The maximum absolute atomic E-state index is 12.6. The lowest BCUT2D eigenvalue weighted by Gasteiger charge is -2.32. The van der Waals surface area contributed by atoms with Crippen molar-refractivity contribution in [1.29, 1.82) is 0 Å². The van der Waals surface area contributed by atoms with Crippen molar-refractivity contribution >= 4 is 17.8 Å². The monoisotopic (exact) mass is 377 g/mol. The Morgan fingerprint density at radius 1 is 1.15 bits per heavy atom. The molecule has 150 valence electrons. The Hall–Kier alpha value is -1.89. The number of rotatable bonds is 7. The van der Waals surface area contributed by atoms with Crippen molar-refractivity contribution < 1.29 is 19.5 Å². The van der Waals surface area contributed by atoms with Gasteiger partial charge in [0.2, 0.25) is 11.8 Å². The van der Waals surface area contributed by atoms with Gasteiger partial charge in [0, 0.05) is 19.1 Å². The highest BCUT2D eigenvalue weighted by molar-refractivity contribution is 5.88. The Morgan fingerprint density at radius 3 is 2.56 bits per heavy atom. The number of carboxylic acid groups (broad SMARTS) is 1. The fourth-order valence-electron chi connectivity index (χ4n) is 4.07. The smallest absolute Gasteiger partial charge is 0.305 e. The van der Waals surface area contributed by atoms with Gasteiger partial charge >= 0.3 is 5.97 Å². The van der Waals surface area contributed by atoms with Crippen molar-refractivity contribution in [3.05, 3.63) is 12.2 Å². The van der Waals surface area contributed by atoms with Crippen LogP contribution in [0.2, 0.25) is 0 Å². The first-order chi connectivity index (χ1) is 13.0. The maximum atomic E-state index is 12.6. The number of aliphatic carboxylic acids is 1. The van der Waals surface area contributed by atoms with Crippen molar-refractivity contribution in [2.45, 2.75) is 51.0 Å². The molecule has 2 aliphatic heterocycles. The van der Waals surface area contributed by atoms with Crippen LogP contribution in [0.1, 0.15) is 44.9 Å². The zero-order chi connectivity index (χ0) is 19.2. The second-order valence-electron chi connectivity index (χ2n) is 8.12. The number of carboxylic acids is 1. The van der Waals surface area contributed by atoms with Gasteiger partial charge in [-0.1, -0.05) is 6.08 Å². The Bertz CT molecular complexity index is 582. The summed E-state index contributed by atoms with van der Waals surface area (Å²) in [6, 6.07) is -0.277. The summed E-state index contributed by atoms with van der Waals surface area (Å²) in [4.78, 5) is 37.9. The van der Waals surface area contributed by atoms with Crippen LogP contribution in [-0.4, -0.2) is 60.0 Å². The SMILES string of the molecule is O=C(O)CC(NC(=O)[C@@H]1CCCN(C(=O)/C=C/C2CCNCC2)C1)C1CC1. The van der Waals surface area contributed by atoms with E-state index in [9.17, 15) is 14.4 Å². The molecule has 3 aliphatic rings. The molecule has 0 radical (unpaired) electrons. The molecule has 0 spiro atoms. The topological polar surface area (TPSA) is 98.7 Å². The largest absolute Gasteiger partial charge is 0.481 e. The Balaban J connectivity index is 1.50. The number of nitrogens with one attached hydrogen (secondary N) is 2. The molecule has 1 aliphatic carbocycles. The summed E-state index contributed by atoms with van der Waals surface area (Å²) in [6.07, 6.45) is 9.29. The van der Waals surface area contributed by atoms with E-state index in [0.717, 1.165) is 51.6 Å². The van der Waals surface area contributed by atoms with E-state index in [1.807, 2.05) is 6.08 Å². The number of piperidine rings is 2. The van der Waals surface area contributed by atoms with Crippen molar-refractivity contribution in [3.63, 3.8) is 0 Å². The first-order valence-corrected chi connectivity index (χ1v) is 10.2. The molecular formula is C20H31N3O4. The molecule has 2 heterocycles. The van der Waals surface area contributed by atoms with Crippen LogP contribution in [0.4, 0.5) is 0 Å². The van der Waals surface area contributed by atoms with Gasteiger partial charge in [0.25, 0.3) is 0 Å². The van der Waals surface area contributed by atoms with E-state index in [-0.39, 0.29) is 30.2 Å².